The van der Waals surface area contributed by atoms with E-state index in [0.29, 0.717) is 18.8 Å². The maximum atomic E-state index is 11.8. The highest BCUT2D eigenvalue weighted by Gasteiger charge is 2.21. The number of esters is 2. The van der Waals surface area contributed by atoms with Crippen LogP contribution in [-0.2, 0) is 19.1 Å². The smallest absolute Gasteiger partial charge is 0.333 e. The van der Waals surface area contributed by atoms with Crippen molar-refractivity contribution in [2.45, 2.75) is 77.6 Å². The summed E-state index contributed by atoms with van der Waals surface area (Å²) >= 11 is 0. The molecule has 0 atom stereocenters. The minimum Gasteiger partial charge on any atom is -0.465 e. The molecule has 1 aliphatic carbocycles. The molecule has 0 bridgehead atoms. The van der Waals surface area contributed by atoms with Gasteiger partial charge < -0.3 is 9.47 Å². The summed E-state index contributed by atoms with van der Waals surface area (Å²) in [6.45, 7) is 6.24. The van der Waals surface area contributed by atoms with E-state index in [1.165, 1.54) is 19.3 Å². The van der Waals surface area contributed by atoms with Gasteiger partial charge in [-0.1, -0.05) is 51.5 Å². The Morgan fingerprint density at radius 1 is 0.870 bits per heavy atom. The Kier molecular flexibility index (Phi) is 10.4. The standard InChI is InChI=1S/C19H32O4/c1-16(2)18(20)22-14-10-5-3-4-6-11-15-23-19(21)17-12-8-7-9-13-17/h17H,1,3-15H2,2H3. The van der Waals surface area contributed by atoms with Crippen molar-refractivity contribution in [2.75, 3.05) is 13.2 Å². The predicted octanol–water partition coefficient (Wildman–Crippen LogP) is 4.57. The lowest BCUT2D eigenvalue weighted by Crippen LogP contribution is -2.20. The molecule has 4 heteroatoms. The molecule has 0 heterocycles. The highest BCUT2D eigenvalue weighted by molar-refractivity contribution is 5.86. The number of ether oxygens (including phenoxy) is 2. The predicted molar refractivity (Wildman–Crippen MR) is 91.0 cm³/mol. The third-order valence-corrected chi connectivity index (χ3v) is 4.30. The van der Waals surface area contributed by atoms with Crippen LogP contribution in [0.4, 0.5) is 0 Å². The van der Waals surface area contributed by atoms with Crippen LogP contribution in [0.1, 0.15) is 77.6 Å². The summed E-state index contributed by atoms with van der Waals surface area (Å²) < 4.78 is 10.4. The van der Waals surface area contributed by atoms with Crippen LogP contribution in [0.15, 0.2) is 12.2 Å². The molecule has 1 saturated carbocycles. The zero-order valence-electron chi connectivity index (χ0n) is 14.6. The second-order valence-electron chi connectivity index (χ2n) is 6.54. The van der Waals surface area contributed by atoms with Crippen molar-refractivity contribution in [3.63, 3.8) is 0 Å². The van der Waals surface area contributed by atoms with Crippen molar-refractivity contribution in [3.05, 3.63) is 12.2 Å². The van der Waals surface area contributed by atoms with Gasteiger partial charge in [0.05, 0.1) is 19.1 Å². The van der Waals surface area contributed by atoms with Crippen molar-refractivity contribution in [2.24, 2.45) is 5.92 Å². The molecular weight excluding hydrogens is 292 g/mol. The molecule has 0 aromatic rings. The second kappa shape index (κ2) is 12.1. The molecule has 0 N–H and O–H groups in total. The van der Waals surface area contributed by atoms with Gasteiger partial charge in [0.15, 0.2) is 0 Å². The molecule has 0 aromatic heterocycles. The first-order chi connectivity index (χ1) is 11.1. The Bertz CT molecular complexity index is 370. The molecule has 0 aromatic carbocycles. The molecule has 0 amide bonds. The van der Waals surface area contributed by atoms with E-state index in [2.05, 4.69) is 6.58 Å². The first kappa shape index (κ1) is 19.7. The van der Waals surface area contributed by atoms with Crippen LogP contribution in [0.25, 0.3) is 0 Å². The van der Waals surface area contributed by atoms with Gasteiger partial charge in [0.1, 0.15) is 0 Å². The number of carbonyl (C=O) groups is 2. The molecule has 0 spiro atoms. The van der Waals surface area contributed by atoms with Crippen LogP contribution in [-0.4, -0.2) is 25.2 Å². The highest BCUT2D eigenvalue weighted by Crippen LogP contribution is 2.24. The third-order valence-electron chi connectivity index (χ3n) is 4.30. The minimum absolute atomic E-state index is 0.0176. The Labute approximate surface area is 140 Å². The minimum atomic E-state index is -0.301. The van der Waals surface area contributed by atoms with Crippen molar-refractivity contribution in [1.82, 2.24) is 0 Å². The summed E-state index contributed by atoms with van der Waals surface area (Å²) in [6, 6.07) is 0. The van der Waals surface area contributed by atoms with Crippen molar-refractivity contribution in [1.29, 1.82) is 0 Å². The summed E-state index contributed by atoms with van der Waals surface area (Å²) in [6.07, 6.45) is 11.9. The average Bonchev–Trinajstić information content (AvgIpc) is 2.56. The SMILES string of the molecule is C=C(C)C(=O)OCCCCCCCCOC(=O)C1CCCCC1. The first-order valence-electron chi connectivity index (χ1n) is 9.10. The van der Waals surface area contributed by atoms with Crippen molar-refractivity contribution in [3.8, 4) is 0 Å². The van der Waals surface area contributed by atoms with Gasteiger partial charge >= 0.3 is 11.9 Å². The number of carbonyl (C=O) groups excluding carboxylic acids is 2. The van der Waals surface area contributed by atoms with E-state index >= 15 is 0 Å². The number of rotatable bonds is 11. The fourth-order valence-electron chi connectivity index (χ4n) is 2.83. The van der Waals surface area contributed by atoms with Gasteiger partial charge in [0.2, 0.25) is 0 Å². The lowest BCUT2D eigenvalue weighted by molar-refractivity contribution is -0.149. The topological polar surface area (TPSA) is 52.6 Å². The maximum absolute atomic E-state index is 11.8. The Morgan fingerprint density at radius 3 is 1.96 bits per heavy atom. The first-order valence-corrected chi connectivity index (χ1v) is 9.10. The Morgan fingerprint density at radius 2 is 1.39 bits per heavy atom. The van der Waals surface area contributed by atoms with Gasteiger partial charge in [-0.3, -0.25) is 4.79 Å². The average molecular weight is 324 g/mol. The molecule has 1 fully saturated rings. The van der Waals surface area contributed by atoms with Crippen LogP contribution < -0.4 is 0 Å². The molecule has 132 valence electrons. The van der Waals surface area contributed by atoms with Crippen LogP contribution in [0.5, 0.6) is 0 Å². The molecule has 1 rings (SSSR count). The van der Waals surface area contributed by atoms with Gasteiger partial charge in [-0.25, -0.2) is 4.79 Å². The Balaban J connectivity index is 1.85. The number of hydrogen-bond acceptors (Lipinski definition) is 4. The van der Waals surface area contributed by atoms with E-state index in [4.69, 9.17) is 9.47 Å². The highest BCUT2D eigenvalue weighted by atomic mass is 16.5. The lowest BCUT2D eigenvalue weighted by atomic mass is 9.89. The number of unbranched alkanes of at least 4 members (excludes halogenated alkanes) is 5. The normalized spacial score (nSPS) is 15.2. The zero-order chi connectivity index (χ0) is 16.9. The van der Waals surface area contributed by atoms with Gasteiger partial charge in [0, 0.05) is 5.57 Å². The molecule has 0 saturated heterocycles. The fourth-order valence-corrected chi connectivity index (χ4v) is 2.83. The number of hydrogen-bond donors (Lipinski definition) is 0. The van der Waals surface area contributed by atoms with E-state index < -0.39 is 0 Å². The summed E-state index contributed by atoms with van der Waals surface area (Å²) in [7, 11) is 0. The quantitative estimate of drug-likeness (QED) is 0.317. The molecule has 23 heavy (non-hydrogen) atoms. The van der Waals surface area contributed by atoms with Gasteiger partial charge in [0.25, 0.3) is 0 Å². The van der Waals surface area contributed by atoms with E-state index in [-0.39, 0.29) is 17.9 Å². The third kappa shape index (κ3) is 9.42. The van der Waals surface area contributed by atoms with Crippen molar-refractivity contribution >= 4 is 11.9 Å². The zero-order valence-corrected chi connectivity index (χ0v) is 14.6. The van der Waals surface area contributed by atoms with Gasteiger partial charge in [-0.2, -0.15) is 0 Å². The largest absolute Gasteiger partial charge is 0.465 e. The van der Waals surface area contributed by atoms with E-state index in [1.54, 1.807) is 6.92 Å². The summed E-state index contributed by atoms with van der Waals surface area (Å²) in [5.41, 5.74) is 0.452. The van der Waals surface area contributed by atoms with Crippen LogP contribution in [0, 0.1) is 5.92 Å². The molecule has 1 aliphatic rings. The van der Waals surface area contributed by atoms with Crippen LogP contribution in [0.3, 0.4) is 0 Å². The summed E-state index contributed by atoms with van der Waals surface area (Å²) in [5, 5.41) is 0. The lowest BCUT2D eigenvalue weighted by Gasteiger charge is -2.19. The Hall–Kier alpha value is -1.32. The molecular formula is C19H32O4. The maximum Gasteiger partial charge on any atom is 0.333 e. The van der Waals surface area contributed by atoms with E-state index in [1.807, 2.05) is 0 Å². The molecule has 0 radical (unpaired) electrons. The van der Waals surface area contributed by atoms with Crippen LogP contribution in [0.2, 0.25) is 0 Å². The van der Waals surface area contributed by atoms with E-state index in [9.17, 15) is 9.59 Å². The van der Waals surface area contributed by atoms with Gasteiger partial charge in [-0.05, 0) is 32.6 Å². The molecule has 0 aliphatic heterocycles. The summed E-state index contributed by atoms with van der Waals surface area (Å²) in [5.74, 6) is -0.125. The van der Waals surface area contributed by atoms with Crippen LogP contribution >= 0.6 is 0 Å². The summed E-state index contributed by atoms with van der Waals surface area (Å²) in [4.78, 5) is 23.0. The van der Waals surface area contributed by atoms with Crippen molar-refractivity contribution < 1.29 is 19.1 Å². The molecule has 0 unspecified atom stereocenters. The second-order valence-corrected chi connectivity index (χ2v) is 6.54. The fraction of sp³-hybridized carbons (Fsp3) is 0.789. The van der Waals surface area contributed by atoms with E-state index in [0.717, 1.165) is 51.4 Å². The monoisotopic (exact) mass is 324 g/mol. The molecule has 4 nitrogen and oxygen atoms in total. The van der Waals surface area contributed by atoms with Gasteiger partial charge in [-0.15, -0.1) is 0 Å².